The summed E-state index contributed by atoms with van der Waals surface area (Å²) in [5.41, 5.74) is 0. The zero-order valence-corrected chi connectivity index (χ0v) is 3.62. The van der Waals surface area contributed by atoms with E-state index in [-0.39, 0.29) is 0 Å². The van der Waals surface area contributed by atoms with E-state index in [0.717, 1.165) is 0 Å². The van der Waals surface area contributed by atoms with E-state index in [1.165, 1.54) is 0 Å². The van der Waals surface area contributed by atoms with Crippen LogP contribution in [0, 0.1) is 0 Å². The molecule has 0 rings (SSSR count). The molecule has 0 N–H and O–H groups in total. The van der Waals surface area contributed by atoms with Crippen LogP contribution in [-0.4, -0.2) is 0 Å². The van der Waals surface area contributed by atoms with Crippen LogP contribution in [0.3, 0.4) is 0 Å². The summed E-state index contributed by atoms with van der Waals surface area (Å²) < 4.78 is 15.9. The molecule has 0 saturated heterocycles. The second-order valence-corrected chi connectivity index (χ2v) is 0. The van der Waals surface area contributed by atoms with Crippen molar-refractivity contribution < 1.29 is 23.9 Å². The minimum atomic E-state index is 1.72. The first kappa shape index (κ1) is 8.83. The Bertz CT molecular complexity index is 8.00. The maximum absolute atomic E-state index is 8.06. The molecule has 0 spiro atoms. The Kier molecular flexibility index (Phi) is 277. The average Bonchev–Trinajstić information content (AvgIpc) is 1.50. The van der Waals surface area contributed by atoms with Gasteiger partial charge in [-0.1, -0.05) is 0 Å². The van der Waals surface area contributed by atoms with Crippen LogP contribution in [0.25, 0.3) is 0 Å². The molecule has 0 aliphatic carbocycles. The Morgan fingerprint density at radius 1 is 1.25 bits per heavy atom. The normalized spacial score (nSPS) is 2.50. The molecule has 0 fully saturated rings. The van der Waals surface area contributed by atoms with Gasteiger partial charge in [0.15, 0.2) is 0 Å². The fourth-order valence-corrected chi connectivity index (χ4v) is 0. The molecule has 2 nitrogen and oxygen atoms in total. The fraction of sp³-hybridized carbons (Fsp3) is 0. The summed E-state index contributed by atoms with van der Waals surface area (Å²) in [6.45, 7) is 0. The third-order valence-corrected chi connectivity index (χ3v) is 0. The van der Waals surface area contributed by atoms with Crippen molar-refractivity contribution in [2.45, 2.75) is 0 Å². The Morgan fingerprint density at radius 2 is 1.25 bits per heavy atom. The van der Waals surface area contributed by atoms with E-state index < -0.39 is 0 Å². The van der Waals surface area contributed by atoms with Crippen LogP contribution in [0.5, 0.6) is 0 Å². The molecule has 0 aromatic rings. The van der Waals surface area contributed by atoms with Crippen LogP contribution in [-0.2, 0) is 23.9 Å². The molecule has 0 saturated carbocycles. The van der Waals surface area contributed by atoms with E-state index in [9.17, 15) is 0 Å². The molecular weight excluding hydrogens is 122 g/mol. The van der Waals surface area contributed by atoms with E-state index in [0.29, 0.717) is 0 Å². The number of hydrogen-bond donors (Lipinski definition) is 0. The van der Waals surface area contributed by atoms with Crippen molar-refractivity contribution in [1.29, 1.82) is 0 Å². The summed E-state index contributed by atoms with van der Waals surface area (Å²) >= 11 is 2.62. The molecule has 4 heteroatoms. The van der Waals surface area contributed by atoms with E-state index in [1.54, 1.807) is 9.12 Å². The molecule has 0 aliphatic rings. The zero-order valence-electron chi connectivity index (χ0n) is 1.63. The first-order valence-electron chi connectivity index (χ1n) is 0.333. The van der Waals surface area contributed by atoms with Crippen LogP contribution in [0.2, 0.25) is 0 Å². The Morgan fingerprint density at radius 3 is 1.25 bits per heavy atom. The van der Waals surface area contributed by atoms with E-state index in [1.807, 2.05) is 0 Å². The maximum atomic E-state index is 8.06. The second-order valence-electron chi connectivity index (χ2n) is 0. The summed E-state index contributed by atoms with van der Waals surface area (Å²) in [5.74, 6) is 0. The molecule has 0 heterocycles. The van der Waals surface area contributed by atoms with Gasteiger partial charge in [-0.2, -0.15) is 0 Å². The summed E-state index contributed by atoms with van der Waals surface area (Å²) in [7, 11) is 1.72. The van der Waals surface area contributed by atoms with Crippen molar-refractivity contribution in [1.82, 2.24) is 0 Å². The van der Waals surface area contributed by atoms with Gasteiger partial charge in [-0.05, 0) is 0 Å². The molecule has 28 valence electrons. The quantitative estimate of drug-likeness (QED) is 0.343. The molecule has 0 amide bonds. The van der Waals surface area contributed by atoms with Crippen molar-refractivity contribution >= 4 is 9.12 Å². The average molecular weight is 123 g/mol. The van der Waals surface area contributed by atoms with Crippen molar-refractivity contribution in [2.24, 2.45) is 0 Å². The Balaban J connectivity index is 0. The third kappa shape index (κ3) is 30.0. The third-order valence-electron chi connectivity index (χ3n) is 0. The van der Waals surface area contributed by atoms with E-state index >= 15 is 0 Å². The van der Waals surface area contributed by atoms with Gasteiger partial charge in [0.25, 0.3) is 0 Å². The van der Waals surface area contributed by atoms with Gasteiger partial charge < -0.3 is 0 Å². The van der Waals surface area contributed by atoms with Gasteiger partial charge in [0, 0.05) is 0 Å². The monoisotopic (exact) mass is 122 g/mol. The Hall–Kier alpha value is 0.394. The van der Waals surface area contributed by atoms with Crippen LogP contribution < -0.4 is 0 Å². The Labute approximate surface area is 33.8 Å². The number of rotatable bonds is 0. The van der Waals surface area contributed by atoms with Gasteiger partial charge in [-0.15, -0.1) is 0 Å². The van der Waals surface area contributed by atoms with Crippen molar-refractivity contribution in [2.75, 3.05) is 0 Å². The zero-order chi connectivity index (χ0) is 4.00. The predicted molar refractivity (Wildman–Crippen MR) is 9.69 cm³/mol. The topological polar surface area (TPSA) is 34.1 Å². The molecule has 0 unspecified atom stereocenters. The summed E-state index contributed by atoms with van der Waals surface area (Å²) in [5, 5.41) is 0. The van der Waals surface area contributed by atoms with Crippen molar-refractivity contribution in [3.05, 3.63) is 0 Å². The minimum absolute atomic E-state index is 1.72. The SMILES string of the molecule is O=P.[O]=[Ni]. The van der Waals surface area contributed by atoms with Crippen molar-refractivity contribution in [3.63, 3.8) is 0 Å². The molecule has 0 atom stereocenters. The fourth-order valence-electron chi connectivity index (χ4n) is 0. The first-order valence-corrected chi connectivity index (χ1v) is 1.14. The predicted octanol–water partition coefficient (Wildman–Crippen LogP) is 0.353. The van der Waals surface area contributed by atoms with E-state index in [4.69, 9.17) is 8.46 Å². The molecular formula is HNiO2P. The van der Waals surface area contributed by atoms with Crippen LogP contribution in [0.4, 0.5) is 0 Å². The van der Waals surface area contributed by atoms with Gasteiger partial charge in [0.1, 0.15) is 9.12 Å². The molecule has 0 aliphatic heterocycles. The van der Waals surface area contributed by atoms with Gasteiger partial charge in [-0.25, -0.2) is 0 Å². The molecule has 0 bridgehead atoms. The van der Waals surface area contributed by atoms with Gasteiger partial charge >= 0.3 is 19.3 Å². The van der Waals surface area contributed by atoms with Crippen LogP contribution in [0.15, 0.2) is 0 Å². The van der Waals surface area contributed by atoms with Gasteiger partial charge in [-0.3, -0.25) is 4.57 Å². The van der Waals surface area contributed by atoms with Crippen LogP contribution >= 0.6 is 9.12 Å². The molecule has 0 radical (unpaired) electrons. The van der Waals surface area contributed by atoms with Gasteiger partial charge in [0.05, 0.1) is 0 Å². The van der Waals surface area contributed by atoms with Crippen LogP contribution in [0.1, 0.15) is 0 Å². The summed E-state index contributed by atoms with van der Waals surface area (Å²) in [6, 6.07) is 0. The first-order chi connectivity index (χ1) is 2.00. The summed E-state index contributed by atoms with van der Waals surface area (Å²) in [4.78, 5) is 0. The molecule has 0 aromatic carbocycles. The molecule has 4 heavy (non-hydrogen) atoms. The van der Waals surface area contributed by atoms with Gasteiger partial charge in [0.2, 0.25) is 0 Å². The number of hydrogen-bond acceptors (Lipinski definition) is 2. The molecule has 0 aromatic heterocycles. The second kappa shape index (κ2) is 126. The summed E-state index contributed by atoms with van der Waals surface area (Å²) in [6.07, 6.45) is 0. The van der Waals surface area contributed by atoms with Crippen molar-refractivity contribution in [3.8, 4) is 0 Å². The van der Waals surface area contributed by atoms with E-state index in [2.05, 4.69) is 15.4 Å². The standard InChI is InChI=1S/Ni.HOP.O/c;1-2;/h;2H;.